The molecular weight excluding hydrogens is 298 g/mol. The summed E-state index contributed by atoms with van der Waals surface area (Å²) in [5.41, 5.74) is 0.152. The molecule has 2 heterocycles. The Bertz CT molecular complexity index is 704. The molecule has 0 aliphatic heterocycles. The van der Waals surface area contributed by atoms with Crippen LogP contribution in [0.1, 0.15) is 25.8 Å². The summed E-state index contributed by atoms with van der Waals surface area (Å²) in [7, 11) is 0. The third-order valence-electron chi connectivity index (χ3n) is 3.10. The maximum Gasteiger partial charge on any atom is 0.157 e. The van der Waals surface area contributed by atoms with Crippen LogP contribution in [0.3, 0.4) is 0 Å². The Labute approximate surface area is 133 Å². The van der Waals surface area contributed by atoms with E-state index in [1.807, 2.05) is 0 Å². The number of rotatable bonds is 4. The average Bonchev–Trinajstić information content (AvgIpc) is 3.02. The first-order valence-corrected chi connectivity index (χ1v) is 8.71. The molecule has 0 fully saturated rings. The summed E-state index contributed by atoms with van der Waals surface area (Å²) in [6.45, 7) is 7.46. The maximum atomic E-state index is 4.35. The Balaban J connectivity index is 1.72. The summed E-state index contributed by atoms with van der Waals surface area (Å²) in [4.78, 5) is 1.21. The van der Waals surface area contributed by atoms with Gasteiger partial charge >= 0.3 is 0 Å². The van der Waals surface area contributed by atoms with Gasteiger partial charge in [-0.3, -0.25) is 0 Å². The minimum atomic E-state index is 0.152. The van der Waals surface area contributed by atoms with Crippen LogP contribution in [0.25, 0.3) is 20.0 Å². The van der Waals surface area contributed by atoms with Crippen molar-refractivity contribution in [3.63, 3.8) is 0 Å². The van der Waals surface area contributed by atoms with Crippen LogP contribution in [0.5, 0.6) is 0 Å². The fourth-order valence-corrected chi connectivity index (χ4v) is 4.03. The number of thiophene rings is 1. The van der Waals surface area contributed by atoms with E-state index in [9.17, 15) is 0 Å². The highest BCUT2D eigenvalue weighted by Crippen LogP contribution is 2.34. The van der Waals surface area contributed by atoms with E-state index in [2.05, 4.69) is 66.6 Å². The zero-order valence-corrected chi connectivity index (χ0v) is 14.1. The largest absolute Gasteiger partial charge is 0.312 e. The van der Waals surface area contributed by atoms with Crippen molar-refractivity contribution in [1.29, 1.82) is 0 Å². The molecule has 0 bridgehead atoms. The van der Waals surface area contributed by atoms with Gasteiger partial charge in [-0.25, -0.2) is 0 Å². The summed E-state index contributed by atoms with van der Waals surface area (Å²) in [6, 6.07) is 10.6. The molecule has 21 heavy (non-hydrogen) atoms. The minimum Gasteiger partial charge on any atom is -0.312 e. The summed E-state index contributed by atoms with van der Waals surface area (Å²) >= 11 is 3.48. The molecule has 0 radical (unpaired) electrons. The van der Waals surface area contributed by atoms with Crippen molar-refractivity contribution in [1.82, 2.24) is 15.5 Å². The minimum absolute atomic E-state index is 0.152. The zero-order chi connectivity index (χ0) is 14.9. The smallest absolute Gasteiger partial charge is 0.157 e. The van der Waals surface area contributed by atoms with Crippen molar-refractivity contribution >= 4 is 32.8 Å². The third-order valence-corrected chi connectivity index (χ3v) is 5.37. The molecule has 0 saturated heterocycles. The molecular formula is C16H19N3S2. The van der Waals surface area contributed by atoms with Crippen LogP contribution in [0, 0.1) is 0 Å². The van der Waals surface area contributed by atoms with Crippen LogP contribution >= 0.6 is 22.7 Å². The summed E-state index contributed by atoms with van der Waals surface area (Å²) in [5.74, 6) is 0. The number of hydrogen-bond acceptors (Lipinski definition) is 5. The number of hydrogen-bond donors (Lipinski definition) is 1. The lowest BCUT2D eigenvalue weighted by atomic mass is 10.1. The van der Waals surface area contributed by atoms with Crippen LogP contribution in [0.4, 0.5) is 0 Å². The first-order chi connectivity index (χ1) is 10.0. The molecule has 0 unspecified atom stereocenters. The van der Waals surface area contributed by atoms with E-state index in [1.54, 1.807) is 22.7 Å². The van der Waals surface area contributed by atoms with Gasteiger partial charge in [0.25, 0.3) is 0 Å². The molecule has 0 spiro atoms. The second kappa shape index (κ2) is 5.83. The van der Waals surface area contributed by atoms with Crippen LogP contribution in [-0.4, -0.2) is 22.3 Å². The summed E-state index contributed by atoms with van der Waals surface area (Å²) in [6.07, 6.45) is 0.930. The second-order valence-electron chi connectivity index (χ2n) is 6.08. The maximum absolute atomic E-state index is 4.35. The molecule has 0 aliphatic carbocycles. The fraction of sp³-hybridized carbons (Fsp3) is 0.375. The lowest BCUT2D eigenvalue weighted by molar-refractivity contribution is 0.429. The molecule has 0 saturated carbocycles. The quantitative estimate of drug-likeness (QED) is 0.777. The van der Waals surface area contributed by atoms with Gasteiger partial charge in [-0.15, -0.1) is 21.5 Å². The highest BCUT2D eigenvalue weighted by molar-refractivity contribution is 7.25. The first-order valence-electron chi connectivity index (χ1n) is 7.08. The lowest BCUT2D eigenvalue weighted by Crippen LogP contribution is -2.37. The van der Waals surface area contributed by atoms with Crippen molar-refractivity contribution in [2.75, 3.05) is 6.54 Å². The predicted molar refractivity (Wildman–Crippen MR) is 92.2 cm³/mol. The van der Waals surface area contributed by atoms with Crippen molar-refractivity contribution in [3.8, 4) is 9.88 Å². The van der Waals surface area contributed by atoms with Crippen molar-refractivity contribution in [2.24, 2.45) is 0 Å². The van der Waals surface area contributed by atoms with E-state index in [4.69, 9.17) is 0 Å². The zero-order valence-electron chi connectivity index (χ0n) is 12.5. The number of fused-ring (bicyclic) bond motifs is 1. The summed E-state index contributed by atoms with van der Waals surface area (Å²) in [5, 5.41) is 15.6. The van der Waals surface area contributed by atoms with E-state index >= 15 is 0 Å². The number of nitrogens with zero attached hydrogens (tertiary/aromatic N) is 2. The number of benzene rings is 1. The van der Waals surface area contributed by atoms with Gasteiger partial charge in [0.05, 0.1) is 4.88 Å². The highest BCUT2D eigenvalue weighted by Gasteiger charge is 2.12. The molecule has 3 aromatic rings. The predicted octanol–water partition coefficient (Wildman–Crippen LogP) is 4.35. The topological polar surface area (TPSA) is 37.8 Å². The van der Waals surface area contributed by atoms with E-state index in [0.29, 0.717) is 0 Å². The monoisotopic (exact) mass is 317 g/mol. The molecule has 2 aromatic heterocycles. The second-order valence-corrected chi connectivity index (χ2v) is 8.22. The fourth-order valence-electron chi connectivity index (χ4n) is 2.09. The number of aromatic nitrogens is 2. The molecule has 1 aromatic carbocycles. The van der Waals surface area contributed by atoms with E-state index in [0.717, 1.165) is 23.0 Å². The lowest BCUT2D eigenvalue weighted by Gasteiger charge is -2.19. The van der Waals surface area contributed by atoms with Crippen molar-refractivity contribution in [2.45, 2.75) is 32.7 Å². The Morgan fingerprint density at radius 3 is 2.67 bits per heavy atom. The standard InChI is InChI=1S/C16H19N3S2/c1-16(2,3)17-9-8-14-18-19-15(21-14)13-10-11-6-4-5-7-12(11)20-13/h4-7,10,17H,8-9H2,1-3H3. The molecule has 0 aliphatic rings. The van der Waals surface area contributed by atoms with Gasteiger partial charge in [0.15, 0.2) is 5.01 Å². The first kappa shape index (κ1) is 14.6. The number of nitrogens with one attached hydrogen (secondary N) is 1. The SMILES string of the molecule is CC(C)(C)NCCc1nnc(-c2cc3ccccc3s2)s1. The van der Waals surface area contributed by atoms with Crippen LogP contribution < -0.4 is 5.32 Å². The molecule has 3 rings (SSSR count). The van der Waals surface area contributed by atoms with Gasteiger partial charge in [-0.2, -0.15) is 0 Å². The van der Waals surface area contributed by atoms with Crippen molar-refractivity contribution < 1.29 is 0 Å². The van der Waals surface area contributed by atoms with E-state index in [-0.39, 0.29) is 5.54 Å². The Hall–Kier alpha value is -1.30. The molecule has 0 amide bonds. The van der Waals surface area contributed by atoms with Crippen LogP contribution in [-0.2, 0) is 6.42 Å². The summed E-state index contributed by atoms with van der Waals surface area (Å²) < 4.78 is 1.30. The average molecular weight is 317 g/mol. The Morgan fingerprint density at radius 1 is 1.10 bits per heavy atom. The van der Waals surface area contributed by atoms with Crippen LogP contribution in [0.15, 0.2) is 30.3 Å². The van der Waals surface area contributed by atoms with E-state index < -0.39 is 0 Å². The van der Waals surface area contributed by atoms with Gasteiger partial charge in [0.1, 0.15) is 5.01 Å². The highest BCUT2D eigenvalue weighted by atomic mass is 32.1. The third kappa shape index (κ3) is 3.67. The molecule has 1 N–H and O–H groups in total. The molecule has 3 nitrogen and oxygen atoms in total. The van der Waals surface area contributed by atoms with Crippen LogP contribution in [0.2, 0.25) is 0 Å². The molecule has 5 heteroatoms. The molecule has 110 valence electrons. The van der Waals surface area contributed by atoms with Gasteiger partial charge in [-0.05, 0) is 38.3 Å². The van der Waals surface area contributed by atoms with Gasteiger partial charge < -0.3 is 5.32 Å². The normalized spacial score (nSPS) is 12.1. The van der Waals surface area contributed by atoms with Crippen molar-refractivity contribution in [3.05, 3.63) is 35.3 Å². The van der Waals surface area contributed by atoms with Gasteiger partial charge in [0.2, 0.25) is 0 Å². The Kier molecular flexibility index (Phi) is 4.06. The molecule has 0 atom stereocenters. The van der Waals surface area contributed by atoms with Gasteiger partial charge in [0, 0.05) is 23.2 Å². The Morgan fingerprint density at radius 2 is 1.90 bits per heavy atom. The van der Waals surface area contributed by atoms with Gasteiger partial charge in [-0.1, -0.05) is 29.5 Å². The van der Waals surface area contributed by atoms with E-state index in [1.165, 1.54) is 15.0 Å².